The minimum atomic E-state index is -0.102. The lowest BCUT2D eigenvalue weighted by Gasteiger charge is -2.32. The molecule has 7 heteroatoms. The van der Waals surface area contributed by atoms with E-state index in [2.05, 4.69) is 10.3 Å². The molecule has 2 heterocycles. The van der Waals surface area contributed by atoms with Gasteiger partial charge in [-0.25, -0.2) is 4.68 Å². The molecule has 2 aromatic rings. The zero-order valence-electron chi connectivity index (χ0n) is 13.9. The number of hydrogen-bond acceptors (Lipinski definition) is 4. The summed E-state index contributed by atoms with van der Waals surface area (Å²) in [6.07, 6.45) is 2.03. The fourth-order valence-electron chi connectivity index (χ4n) is 3.02. The van der Waals surface area contributed by atoms with Crippen molar-refractivity contribution in [1.29, 1.82) is 0 Å². The summed E-state index contributed by atoms with van der Waals surface area (Å²) in [6, 6.07) is 7.37. The van der Waals surface area contributed by atoms with Crippen LogP contribution < -0.4 is 0 Å². The van der Waals surface area contributed by atoms with E-state index in [0.717, 1.165) is 19.4 Å². The van der Waals surface area contributed by atoms with Crippen molar-refractivity contribution in [3.8, 4) is 5.69 Å². The van der Waals surface area contributed by atoms with E-state index < -0.39 is 0 Å². The van der Waals surface area contributed by atoms with Gasteiger partial charge in [0, 0.05) is 19.7 Å². The number of carbonyl (C=O) groups excluding carboxylic acids is 1. The highest BCUT2D eigenvalue weighted by molar-refractivity contribution is 6.32. The number of halogens is 1. The third kappa shape index (κ3) is 3.30. The van der Waals surface area contributed by atoms with E-state index in [-0.39, 0.29) is 12.0 Å². The predicted octanol–water partition coefficient (Wildman–Crippen LogP) is 2.87. The molecule has 0 unspecified atom stereocenters. The topological polar surface area (TPSA) is 60.2 Å². The van der Waals surface area contributed by atoms with E-state index >= 15 is 0 Å². The number of aromatic nitrogens is 3. The molecule has 3 rings (SSSR count). The van der Waals surface area contributed by atoms with Crippen molar-refractivity contribution in [2.24, 2.45) is 0 Å². The van der Waals surface area contributed by atoms with Gasteiger partial charge in [0.1, 0.15) is 0 Å². The van der Waals surface area contributed by atoms with Crippen LogP contribution >= 0.6 is 11.6 Å². The van der Waals surface area contributed by atoms with E-state index in [0.29, 0.717) is 35.2 Å². The van der Waals surface area contributed by atoms with Gasteiger partial charge in [0.15, 0.2) is 5.69 Å². The molecule has 1 aliphatic heterocycles. The summed E-state index contributed by atoms with van der Waals surface area (Å²) in [7, 11) is 0. The Balaban J connectivity index is 1.83. The Labute approximate surface area is 146 Å². The first-order chi connectivity index (χ1) is 11.6. The van der Waals surface area contributed by atoms with Gasteiger partial charge in [0.2, 0.25) is 0 Å². The van der Waals surface area contributed by atoms with Crippen LogP contribution in [0.5, 0.6) is 0 Å². The van der Waals surface area contributed by atoms with E-state index in [1.165, 1.54) is 0 Å². The monoisotopic (exact) mass is 348 g/mol. The van der Waals surface area contributed by atoms with Crippen molar-refractivity contribution in [1.82, 2.24) is 19.9 Å². The predicted molar refractivity (Wildman–Crippen MR) is 91.7 cm³/mol. The van der Waals surface area contributed by atoms with E-state index in [1.807, 2.05) is 32.0 Å². The average molecular weight is 349 g/mol. The highest BCUT2D eigenvalue weighted by atomic mass is 35.5. The van der Waals surface area contributed by atoms with Gasteiger partial charge >= 0.3 is 0 Å². The normalized spacial score (nSPS) is 18.0. The van der Waals surface area contributed by atoms with Crippen LogP contribution in [0.3, 0.4) is 0 Å². The van der Waals surface area contributed by atoms with Crippen molar-refractivity contribution in [3.63, 3.8) is 0 Å². The van der Waals surface area contributed by atoms with Crippen LogP contribution in [-0.2, 0) is 4.74 Å². The van der Waals surface area contributed by atoms with Crippen LogP contribution in [0.2, 0.25) is 5.02 Å². The summed E-state index contributed by atoms with van der Waals surface area (Å²) in [5.41, 5.74) is 1.77. The Morgan fingerprint density at radius 2 is 2.21 bits per heavy atom. The van der Waals surface area contributed by atoms with Crippen LogP contribution in [0.15, 0.2) is 24.3 Å². The number of likely N-dealkylation sites (tertiary alicyclic amines) is 1. The Bertz CT molecular complexity index is 729. The number of piperidine rings is 1. The zero-order chi connectivity index (χ0) is 17.1. The zero-order valence-corrected chi connectivity index (χ0v) is 14.7. The molecule has 1 fully saturated rings. The molecule has 0 saturated carbocycles. The minimum absolute atomic E-state index is 0.102. The first-order valence-electron chi connectivity index (χ1n) is 8.20. The molecule has 0 aliphatic carbocycles. The second-order valence-corrected chi connectivity index (χ2v) is 6.26. The third-order valence-electron chi connectivity index (χ3n) is 4.25. The van der Waals surface area contributed by atoms with Gasteiger partial charge < -0.3 is 9.64 Å². The van der Waals surface area contributed by atoms with Crippen LogP contribution in [-0.4, -0.2) is 51.6 Å². The number of para-hydroxylation sites is 1. The number of amides is 1. The van der Waals surface area contributed by atoms with Gasteiger partial charge in [-0.05, 0) is 38.8 Å². The number of ether oxygens (including phenoxy) is 1. The number of benzene rings is 1. The van der Waals surface area contributed by atoms with Crippen LogP contribution in [0, 0.1) is 6.92 Å². The van der Waals surface area contributed by atoms with Crippen molar-refractivity contribution >= 4 is 17.5 Å². The number of carbonyl (C=O) groups is 1. The summed E-state index contributed by atoms with van der Waals surface area (Å²) >= 11 is 6.22. The van der Waals surface area contributed by atoms with Crippen molar-refractivity contribution in [3.05, 3.63) is 40.7 Å². The van der Waals surface area contributed by atoms with Crippen LogP contribution in [0.4, 0.5) is 0 Å². The highest BCUT2D eigenvalue weighted by Gasteiger charge is 2.28. The lowest BCUT2D eigenvalue weighted by molar-refractivity contribution is 0.00700. The van der Waals surface area contributed by atoms with Gasteiger partial charge in [0.25, 0.3) is 5.91 Å². The molecule has 0 spiro atoms. The van der Waals surface area contributed by atoms with Gasteiger partial charge in [-0.1, -0.05) is 28.9 Å². The summed E-state index contributed by atoms with van der Waals surface area (Å²) in [5, 5.41) is 8.79. The van der Waals surface area contributed by atoms with Gasteiger partial charge in [-0.3, -0.25) is 4.79 Å². The molecule has 1 saturated heterocycles. The first-order valence-corrected chi connectivity index (χ1v) is 8.57. The van der Waals surface area contributed by atoms with E-state index in [1.54, 1.807) is 15.6 Å². The maximum atomic E-state index is 12.8. The SMILES string of the molecule is CCO[C@@H]1CCCN(C(=O)c2nnn(-c3ccccc3Cl)c2C)C1. The molecule has 6 nitrogen and oxygen atoms in total. The fraction of sp³-hybridized carbons (Fsp3) is 0.471. The number of rotatable bonds is 4. The molecule has 1 aliphatic rings. The maximum absolute atomic E-state index is 12.8. The first kappa shape index (κ1) is 16.9. The molecule has 1 aromatic heterocycles. The Kier molecular flexibility index (Phi) is 5.16. The molecule has 1 amide bonds. The average Bonchev–Trinajstić information content (AvgIpc) is 2.97. The van der Waals surface area contributed by atoms with Gasteiger partial charge in [0.05, 0.1) is 22.5 Å². The van der Waals surface area contributed by atoms with Gasteiger partial charge in [-0.15, -0.1) is 5.10 Å². The molecule has 24 heavy (non-hydrogen) atoms. The largest absolute Gasteiger partial charge is 0.377 e. The standard InChI is InChI=1S/C17H21ClN4O2/c1-3-24-13-7-6-10-21(11-13)17(23)16-12(2)22(20-19-16)15-9-5-4-8-14(15)18/h4-5,8-9,13H,3,6-7,10-11H2,1-2H3/t13-/m1/s1. The van der Waals surface area contributed by atoms with Gasteiger partial charge in [-0.2, -0.15) is 0 Å². The van der Waals surface area contributed by atoms with Crippen LogP contribution in [0.1, 0.15) is 35.9 Å². The molecular formula is C17H21ClN4O2. The number of nitrogens with zero attached hydrogens (tertiary/aromatic N) is 4. The molecule has 0 N–H and O–H groups in total. The Morgan fingerprint density at radius 3 is 2.96 bits per heavy atom. The maximum Gasteiger partial charge on any atom is 0.276 e. The quantitative estimate of drug-likeness (QED) is 0.852. The lowest BCUT2D eigenvalue weighted by Crippen LogP contribution is -2.43. The van der Waals surface area contributed by atoms with Crippen molar-refractivity contribution < 1.29 is 9.53 Å². The van der Waals surface area contributed by atoms with E-state index in [4.69, 9.17) is 16.3 Å². The fourth-order valence-corrected chi connectivity index (χ4v) is 3.24. The minimum Gasteiger partial charge on any atom is -0.377 e. The van der Waals surface area contributed by atoms with Crippen LogP contribution in [0.25, 0.3) is 5.69 Å². The highest BCUT2D eigenvalue weighted by Crippen LogP contribution is 2.22. The Hall–Kier alpha value is -1.92. The molecule has 1 atom stereocenters. The summed E-state index contributed by atoms with van der Waals surface area (Å²) in [4.78, 5) is 14.6. The van der Waals surface area contributed by atoms with Crippen molar-refractivity contribution in [2.45, 2.75) is 32.8 Å². The summed E-state index contributed by atoms with van der Waals surface area (Å²) in [5.74, 6) is -0.102. The van der Waals surface area contributed by atoms with Crippen molar-refractivity contribution in [2.75, 3.05) is 19.7 Å². The summed E-state index contributed by atoms with van der Waals surface area (Å²) < 4.78 is 7.28. The molecular weight excluding hydrogens is 328 g/mol. The summed E-state index contributed by atoms with van der Waals surface area (Å²) in [6.45, 7) is 5.79. The number of hydrogen-bond donors (Lipinski definition) is 0. The molecule has 1 aromatic carbocycles. The smallest absolute Gasteiger partial charge is 0.276 e. The van der Waals surface area contributed by atoms with E-state index in [9.17, 15) is 4.79 Å². The molecule has 0 radical (unpaired) electrons. The Morgan fingerprint density at radius 1 is 1.42 bits per heavy atom. The molecule has 128 valence electrons. The second-order valence-electron chi connectivity index (χ2n) is 5.86. The lowest BCUT2D eigenvalue weighted by atomic mass is 10.1. The molecule has 0 bridgehead atoms. The second kappa shape index (κ2) is 7.32. The third-order valence-corrected chi connectivity index (χ3v) is 4.57.